The molecule has 0 saturated carbocycles. The Balaban J connectivity index is 2.18. The van der Waals surface area contributed by atoms with Crippen molar-refractivity contribution in [3.63, 3.8) is 0 Å². The Morgan fingerprint density at radius 2 is 2.14 bits per heavy atom. The predicted octanol–water partition coefficient (Wildman–Crippen LogP) is 1.16. The van der Waals surface area contributed by atoms with Gasteiger partial charge in [-0.1, -0.05) is 18.2 Å². The van der Waals surface area contributed by atoms with Crippen molar-refractivity contribution < 1.29 is 23.8 Å². The van der Waals surface area contributed by atoms with E-state index in [4.69, 9.17) is 24.8 Å². The number of nitrogens with zero attached hydrogens (tertiary/aromatic N) is 1. The van der Waals surface area contributed by atoms with Gasteiger partial charge in [0.25, 0.3) is 5.91 Å². The van der Waals surface area contributed by atoms with E-state index in [1.54, 1.807) is 13.0 Å². The second kappa shape index (κ2) is 7.66. The number of carbonyl (C=O) groups is 1. The predicted molar refractivity (Wildman–Crippen MR) is 79.7 cm³/mol. The zero-order valence-electron chi connectivity index (χ0n) is 13.0. The van der Waals surface area contributed by atoms with E-state index in [0.29, 0.717) is 18.7 Å². The molecule has 0 fully saturated rings. The third-order valence-electron chi connectivity index (χ3n) is 3.33. The molecule has 1 aliphatic heterocycles. The number of hydrogen-bond acceptors (Lipinski definition) is 6. The van der Waals surface area contributed by atoms with Crippen LogP contribution < -0.4 is 10.8 Å². The summed E-state index contributed by atoms with van der Waals surface area (Å²) in [5, 5.41) is 1.15. The number of carbonyl (C=O) groups excluding carboxylic acids is 1. The largest absolute Gasteiger partial charge is 0.368 e. The second-order valence-electron chi connectivity index (χ2n) is 4.82. The number of hydroxylamine groups is 1. The molecule has 0 bridgehead atoms. The van der Waals surface area contributed by atoms with Crippen LogP contribution in [0.2, 0.25) is 0 Å². The van der Waals surface area contributed by atoms with Gasteiger partial charge in [-0.15, -0.1) is 0 Å². The van der Waals surface area contributed by atoms with Crippen molar-refractivity contribution >= 4 is 11.6 Å². The molecule has 2 rings (SSSR count). The maximum absolute atomic E-state index is 12.5. The summed E-state index contributed by atoms with van der Waals surface area (Å²) in [4.78, 5) is 18.0. The van der Waals surface area contributed by atoms with Gasteiger partial charge >= 0.3 is 0 Å². The fraction of sp³-hybridized carbons (Fsp3) is 0.533. The summed E-state index contributed by atoms with van der Waals surface area (Å²) >= 11 is 0. The lowest BCUT2D eigenvalue weighted by Crippen LogP contribution is -2.49. The van der Waals surface area contributed by atoms with Crippen molar-refractivity contribution in [1.29, 1.82) is 0 Å². The van der Waals surface area contributed by atoms with Gasteiger partial charge in [-0.05, 0) is 25.5 Å². The minimum Gasteiger partial charge on any atom is -0.368 e. The van der Waals surface area contributed by atoms with Crippen LogP contribution in [0.5, 0.6) is 0 Å². The lowest BCUT2D eigenvalue weighted by molar-refractivity contribution is -0.234. The van der Waals surface area contributed by atoms with E-state index in [-0.39, 0.29) is 5.91 Å². The molecule has 1 aromatic carbocycles. The lowest BCUT2D eigenvalue weighted by atomic mass is 10.0. The van der Waals surface area contributed by atoms with E-state index in [1.807, 2.05) is 25.1 Å². The van der Waals surface area contributed by atoms with Crippen LogP contribution in [0, 0.1) is 0 Å². The SMILES string of the molecule is CCO[C@H]1Cc2ccccc2N(OC(N)OC(C)OC)C1=O. The van der Waals surface area contributed by atoms with Gasteiger partial charge in [0.1, 0.15) is 6.10 Å². The van der Waals surface area contributed by atoms with Gasteiger partial charge in [0.15, 0.2) is 6.29 Å². The quantitative estimate of drug-likeness (QED) is 0.761. The lowest BCUT2D eigenvalue weighted by Gasteiger charge is -2.34. The molecule has 3 atom stereocenters. The van der Waals surface area contributed by atoms with Gasteiger partial charge in [-0.25, -0.2) is 4.84 Å². The van der Waals surface area contributed by atoms with Gasteiger partial charge in [0.2, 0.25) is 6.41 Å². The normalized spacial score (nSPS) is 20.6. The molecule has 0 aromatic heterocycles. The monoisotopic (exact) mass is 310 g/mol. The molecular weight excluding hydrogens is 288 g/mol. The summed E-state index contributed by atoms with van der Waals surface area (Å²) in [5.74, 6) is -0.301. The molecule has 22 heavy (non-hydrogen) atoms. The summed E-state index contributed by atoms with van der Waals surface area (Å²) < 4.78 is 15.7. The van der Waals surface area contributed by atoms with Crippen molar-refractivity contribution in [3.8, 4) is 0 Å². The van der Waals surface area contributed by atoms with Crippen LogP contribution in [0.3, 0.4) is 0 Å². The van der Waals surface area contributed by atoms with E-state index < -0.39 is 18.8 Å². The summed E-state index contributed by atoms with van der Waals surface area (Å²) in [5.41, 5.74) is 7.36. The molecule has 0 spiro atoms. The first-order chi connectivity index (χ1) is 10.6. The van der Waals surface area contributed by atoms with Crippen LogP contribution in [0.15, 0.2) is 24.3 Å². The van der Waals surface area contributed by atoms with Gasteiger partial charge in [-0.2, -0.15) is 5.06 Å². The van der Waals surface area contributed by atoms with Crippen molar-refractivity contribution in [1.82, 2.24) is 0 Å². The molecule has 7 heteroatoms. The number of fused-ring (bicyclic) bond motifs is 1. The summed E-state index contributed by atoms with van der Waals surface area (Å²) in [6, 6.07) is 7.45. The van der Waals surface area contributed by atoms with E-state index >= 15 is 0 Å². The maximum Gasteiger partial charge on any atom is 0.280 e. The zero-order chi connectivity index (χ0) is 16.1. The minimum atomic E-state index is -1.13. The topological polar surface area (TPSA) is 83.2 Å². The van der Waals surface area contributed by atoms with Crippen molar-refractivity contribution in [2.75, 3.05) is 18.8 Å². The fourth-order valence-electron chi connectivity index (χ4n) is 2.23. The molecule has 0 radical (unpaired) electrons. The van der Waals surface area contributed by atoms with Crippen molar-refractivity contribution in [3.05, 3.63) is 29.8 Å². The third kappa shape index (κ3) is 3.82. The molecular formula is C15H22N2O5. The fourth-order valence-corrected chi connectivity index (χ4v) is 2.23. The molecule has 1 aliphatic rings. The molecule has 1 aromatic rings. The number of benzene rings is 1. The highest BCUT2D eigenvalue weighted by atomic mass is 16.8. The number of anilines is 1. The number of methoxy groups -OCH3 is 1. The highest BCUT2D eigenvalue weighted by Gasteiger charge is 2.35. The van der Waals surface area contributed by atoms with Crippen LogP contribution in [-0.4, -0.2) is 38.4 Å². The highest BCUT2D eigenvalue weighted by molar-refractivity contribution is 5.97. The molecule has 1 heterocycles. The van der Waals surface area contributed by atoms with Gasteiger partial charge < -0.3 is 14.2 Å². The zero-order valence-corrected chi connectivity index (χ0v) is 13.0. The summed E-state index contributed by atoms with van der Waals surface area (Å²) in [7, 11) is 1.49. The van der Waals surface area contributed by atoms with Crippen LogP contribution in [0.25, 0.3) is 0 Å². The number of para-hydroxylation sites is 1. The van der Waals surface area contributed by atoms with E-state index in [9.17, 15) is 4.79 Å². The van der Waals surface area contributed by atoms with Crippen LogP contribution in [0.1, 0.15) is 19.4 Å². The Labute approximate surface area is 129 Å². The second-order valence-corrected chi connectivity index (χ2v) is 4.82. The molecule has 0 saturated heterocycles. The first-order valence-corrected chi connectivity index (χ1v) is 7.20. The Bertz CT molecular complexity index is 510. The van der Waals surface area contributed by atoms with E-state index in [2.05, 4.69) is 0 Å². The number of ether oxygens (including phenoxy) is 3. The number of rotatable bonds is 7. The van der Waals surface area contributed by atoms with E-state index in [0.717, 1.165) is 10.6 Å². The molecule has 1 amide bonds. The average Bonchev–Trinajstić information content (AvgIpc) is 2.51. The Morgan fingerprint density at radius 1 is 1.41 bits per heavy atom. The van der Waals surface area contributed by atoms with Gasteiger partial charge in [0, 0.05) is 20.1 Å². The molecule has 2 unspecified atom stereocenters. The van der Waals surface area contributed by atoms with Crippen LogP contribution in [0.4, 0.5) is 5.69 Å². The minimum absolute atomic E-state index is 0.301. The van der Waals surface area contributed by atoms with Gasteiger partial charge in [-0.3, -0.25) is 10.5 Å². The smallest absolute Gasteiger partial charge is 0.280 e. The molecule has 7 nitrogen and oxygen atoms in total. The standard InChI is InChI=1S/C15H22N2O5/c1-4-20-13-9-11-7-5-6-8-12(11)17(14(13)18)22-15(16)21-10(2)19-3/h5-8,10,13,15H,4,9,16H2,1-3H3/t10?,13-,15?/m0/s1. The average molecular weight is 310 g/mol. The number of amides is 1. The Morgan fingerprint density at radius 3 is 2.82 bits per heavy atom. The molecule has 2 N–H and O–H groups in total. The van der Waals surface area contributed by atoms with Crippen LogP contribution in [-0.2, 0) is 30.3 Å². The summed E-state index contributed by atoms with van der Waals surface area (Å²) in [6.07, 6.45) is -1.76. The first kappa shape index (κ1) is 16.9. The van der Waals surface area contributed by atoms with Crippen molar-refractivity contribution in [2.24, 2.45) is 5.73 Å². The Kier molecular flexibility index (Phi) is 5.87. The van der Waals surface area contributed by atoms with Crippen molar-refractivity contribution in [2.45, 2.75) is 39.1 Å². The molecule has 0 aliphatic carbocycles. The van der Waals surface area contributed by atoms with Gasteiger partial charge in [0.05, 0.1) is 5.69 Å². The van der Waals surface area contributed by atoms with E-state index in [1.165, 1.54) is 7.11 Å². The third-order valence-corrected chi connectivity index (χ3v) is 3.33. The maximum atomic E-state index is 12.5. The van der Waals surface area contributed by atoms with Crippen LogP contribution >= 0.6 is 0 Å². The summed E-state index contributed by atoms with van der Waals surface area (Å²) in [6.45, 7) is 3.96. The number of nitrogens with two attached hydrogens (primary N) is 1. The highest BCUT2D eigenvalue weighted by Crippen LogP contribution is 2.29. The number of hydrogen-bond donors (Lipinski definition) is 1. The molecule has 122 valence electrons. The first-order valence-electron chi connectivity index (χ1n) is 7.20. The Hall–Kier alpha value is -1.51.